The number of aromatic nitrogens is 5. The number of rotatable bonds is 10. The van der Waals surface area contributed by atoms with Crippen LogP contribution in [0.2, 0.25) is 0 Å². The summed E-state index contributed by atoms with van der Waals surface area (Å²) in [5.74, 6) is 3.92. The van der Waals surface area contributed by atoms with Crippen molar-refractivity contribution >= 4 is 11.8 Å². The molecular weight excluding hydrogens is 474 g/mol. The number of thioether (sulfide) groups is 1. The van der Waals surface area contributed by atoms with Crippen molar-refractivity contribution in [2.45, 2.75) is 24.3 Å². The molecule has 0 atom stereocenters. The first kappa shape index (κ1) is 23.6. The maximum atomic E-state index is 5.61. The number of nitrogens with zero attached hydrogens (tertiary/aromatic N) is 5. The summed E-state index contributed by atoms with van der Waals surface area (Å²) in [5, 5.41) is 13.8. The number of benzene rings is 3. The molecule has 0 spiro atoms. The minimum Gasteiger partial charge on any atom is -0.497 e. The van der Waals surface area contributed by atoms with Gasteiger partial charge in [0.2, 0.25) is 5.89 Å². The Hall–Kier alpha value is -4.11. The minimum atomic E-state index is 0.467. The summed E-state index contributed by atoms with van der Waals surface area (Å²) >= 11 is 1.49. The van der Waals surface area contributed by atoms with E-state index in [-0.39, 0.29) is 0 Å². The van der Waals surface area contributed by atoms with Crippen LogP contribution in [-0.2, 0) is 12.2 Å². The first-order chi connectivity index (χ1) is 17.7. The van der Waals surface area contributed by atoms with Gasteiger partial charge >= 0.3 is 0 Å². The monoisotopic (exact) mass is 499 g/mol. The number of hydrogen-bond acceptors (Lipinski definition) is 8. The minimum absolute atomic E-state index is 0.467. The molecule has 5 aromatic rings. The van der Waals surface area contributed by atoms with Crippen molar-refractivity contribution in [2.75, 3.05) is 13.7 Å². The molecule has 0 aliphatic rings. The Labute approximate surface area is 213 Å². The molecule has 0 aliphatic carbocycles. The third-order valence-electron chi connectivity index (χ3n) is 5.41. The summed E-state index contributed by atoms with van der Waals surface area (Å²) in [5.41, 5.74) is 2.94. The van der Waals surface area contributed by atoms with E-state index in [9.17, 15) is 0 Å². The molecule has 3 aromatic carbocycles. The highest BCUT2D eigenvalue weighted by Crippen LogP contribution is 2.31. The zero-order valence-corrected chi connectivity index (χ0v) is 20.8. The number of hydrogen-bond donors (Lipinski definition) is 0. The molecule has 2 heterocycles. The molecule has 2 aromatic heterocycles. The van der Waals surface area contributed by atoms with Crippen LogP contribution in [0.25, 0.3) is 17.1 Å². The van der Waals surface area contributed by atoms with Crippen LogP contribution in [0.1, 0.15) is 24.2 Å². The summed E-state index contributed by atoms with van der Waals surface area (Å²) in [7, 11) is 1.65. The van der Waals surface area contributed by atoms with Gasteiger partial charge in [-0.3, -0.25) is 4.57 Å². The SMILES string of the molecule is CCOc1ccc(-n2c(SCc3nc(Cc4ccccc4)no3)nnc2-c2cccc(OC)c2)cc1. The topological polar surface area (TPSA) is 88.1 Å². The first-order valence-electron chi connectivity index (χ1n) is 11.5. The average Bonchev–Trinajstić information content (AvgIpc) is 3.55. The third-order valence-corrected chi connectivity index (χ3v) is 6.32. The van der Waals surface area contributed by atoms with Gasteiger partial charge in [0.25, 0.3) is 0 Å². The molecule has 0 N–H and O–H groups in total. The maximum Gasteiger partial charge on any atom is 0.237 e. The summed E-state index contributed by atoms with van der Waals surface area (Å²) < 4.78 is 18.5. The van der Waals surface area contributed by atoms with Crippen molar-refractivity contribution in [1.29, 1.82) is 0 Å². The molecule has 9 heteroatoms. The van der Waals surface area contributed by atoms with Crippen LogP contribution in [0.5, 0.6) is 11.5 Å². The van der Waals surface area contributed by atoms with Crippen LogP contribution >= 0.6 is 11.8 Å². The molecular formula is C27H25N5O3S. The lowest BCUT2D eigenvalue weighted by molar-refractivity contribution is 0.340. The average molecular weight is 500 g/mol. The van der Waals surface area contributed by atoms with Gasteiger partial charge in [0.1, 0.15) is 11.5 Å². The lowest BCUT2D eigenvalue weighted by Crippen LogP contribution is -2.01. The lowest BCUT2D eigenvalue weighted by Gasteiger charge is -2.11. The van der Waals surface area contributed by atoms with E-state index < -0.39 is 0 Å². The fourth-order valence-corrected chi connectivity index (χ4v) is 4.52. The Morgan fingerprint density at radius 1 is 0.917 bits per heavy atom. The van der Waals surface area contributed by atoms with Gasteiger partial charge in [0.15, 0.2) is 16.8 Å². The zero-order valence-electron chi connectivity index (χ0n) is 20.0. The first-order valence-corrected chi connectivity index (χ1v) is 12.5. The highest BCUT2D eigenvalue weighted by molar-refractivity contribution is 7.98. The summed E-state index contributed by atoms with van der Waals surface area (Å²) in [6.45, 7) is 2.57. The molecule has 0 saturated heterocycles. The zero-order chi connectivity index (χ0) is 24.7. The van der Waals surface area contributed by atoms with Gasteiger partial charge in [0, 0.05) is 17.7 Å². The van der Waals surface area contributed by atoms with Gasteiger partial charge in [0.05, 0.1) is 19.5 Å². The Balaban J connectivity index is 1.41. The van der Waals surface area contributed by atoms with Gasteiger partial charge in [-0.1, -0.05) is 59.4 Å². The molecule has 0 bridgehead atoms. The third kappa shape index (κ3) is 5.41. The molecule has 36 heavy (non-hydrogen) atoms. The molecule has 5 rings (SSSR count). The summed E-state index contributed by atoms with van der Waals surface area (Å²) in [6.07, 6.45) is 0.622. The maximum absolute atomic E-state index is 5.61. The standard InChI is InChI=1S/C27H25N5O3S/c1-3-34-22-14-12-21(13-15-22)32-26(20-10-7-11-23(17-20)33-2)29-30-27(32)36-18-25-28-24(31-35-25)16-19-8-5-4-6-9-19/h4-15,17H,3,16,18H2,1-2H3. The Bertz CT molecular complexity index is 1420. The van der Waals surface area contributed by atoms with E-state index in [0.717, 1.165) is 28.3 Å². The molecule has 182 valence electrons. The van der Waals surface area contributed by atoms with Gasteiger partial charge in [-0.2, -0.15) is 4.98 Å². The lowest BCUT2D eigenvalue weighted by atomic mass is 10.1. The van der Waals surface area contributed by atoms with Gasteiger partial charge in [-0.05, 0) is 48.9 Å². The van der Waals surface area contributed by atoms with Gasteiger partial charge in [-0.25, -0.2) is 0 Å². The largest absolute Gasteiger partial charge is 0.497 e. The van der Waals surface area contributed by atoms with Crippen molar-refractivity contribution in [1.82, 2.24) is 24.9 Å². The van der Waals surface area contributed by atoms with E-state index in [1.165, 1.54) is 11.8 Å². The Kier molecular flexibility index (Phi) is 7.28. The van der Waals surface area contributed by atoms with Crippen LogP contribution < -0.4 is 9.47 Å². The second-order valence-electron chi connectivity index (χ2n) is 7.86. The summed E-state index contributed by atoms with van der Waals surface area (Å²) in [4.78, 5) is 4.55. The second-order valence-corrected chi connectivity index (χ2v) is 8.80. The molecule has 0 amide bonds. The fourth-order valence-electron chi connectivity index (χ4n) is 3.73. The predicted molar refractivity (Wildman–Crippen MR) is 138 cm³/mol. The number of ether oxygens (including phenoxy) is 2. The molecule has 8 nitrogen and oxygen atoms in total. The van der Waals surface area contributed by atoms with Gasteiger partial charge < -0.3 is 14.0 Å². The van der Waals surface area contributed by atoms with E-state index in [1.807, 2.05) is 90.4 Å². The van der Waals surface area contributed by atoms with E-state index in [1.54, 1.807) is 7.11 Å². The van der Waals surface area contributed by atoms with Crippen molar-refractivity contribution in [3.8, 4) is 28.6 Å². The number of methoxy groups -OCH3 is 1. The van der Waals surface area contributed by atoms with E-state index in [2.05, 4.69) is 20.3 Å². The second kappa shape index (κ2) is 11.1. The molecule has 0 saturated carbocycles. The van der Waals surface area contributed by atoms with Crippen LogP contribution in [0.15, 0.2) is 88.5 Å². The van der Waals surface area contributed by atoms with Crippen LogP contribution in [0, 0.1) is 0 Å². The van der Waals surface area contributed by atoms with Crippen molar-refractivity contribution < 1.29 is 14.0 Å². The van der Waals surface area contributed by atoms with E-state index >= 15 is 0 Å². The highest BCUT2D eigenvalue weighted by Gasteiger charge is 2.18. The molecule has 0 unspecified atom stereocenters. The van der Waals surface area contributed by atoms with Crippen LogP contribution in [-0.4, -0.2) is 38.6 Å². The molecule has 0 fully saturated rings. The van der Waals surface area contributed by atoms with Crippen molar-refractivity contribution in [3.05, 3.63) is 96.1 Å². The highest BCUT2D eigenvalue weighted by atomic mass is 32.2. The Morgan fingerprint density at radius 2 is 1.75 bits per heavy atom. The van der Waals surface area contributed by atoms with Gasteiger partial charge in [-0.15, -0.1) is 10.2 Å². The Morgan fingerprint density at radius 3 is 2.53 bits per heavy atom. The molecule has 0 aliphatic heterocycles. The predicted octanol–water partition coefficient (Wildman–Crippen LogP) is 5.61. The normalized spacial score (nSPS) is 10.9. The van der Waals surface area contributed by atoms with Crippen LogP contribution in [0.4, 0.5) is 0 Å². The quantitative estimate of drug-likeness (QED) is 0.229. The van der Waals surface area contributed by atoms with Crippen molar-refractivity contribution in [3.63, 3.8) is 0 Å². The van der Waals surface area contributed by atoms with E-state index in [0.29, 0.717) is 41.5 Å². The van der Waals surface area contributed by atoms with Crippen molar-refractivity contribution in [2.24, 2.45) is 0 Å². The van der Waals surface area contributed by atoms with Crippen LogP contribution in [0.3, 0.4) is 0 Å². The summed E-state index contributed by atoms with van der Waals surface area (Å²) in [6, 6.07) is 25.7. The fraction of sp³-hybridized carbons (Fsp3) is 0.185. The molecule has 0 radical (unpaired) electrons. The smallest absolute Gasteiger partial charge is 0.237 e. The van der Waals surface area contributed by atoms with E-state index in [4.69, 9.17) is 14.0 Å².